The van der Waals surface area contributed by atoms with Crippen LogP contribution in [0.1, 0.15) is 50.3 Å². The third kappa shape index (κ3) is 7.98. The average Bonchev–Trinajstić information content (AvgIpc) is 3.64. The van der Waals surface area contributed by atoms with E-state index in [2.05, 4.69) is 109 Å². The van der Waals surface area contributed by atoms with Crippen molar-refractivity contribution in [2.24, 2.45) is 0 Å². The van der Waals surface area contributed by atoms with Crippen molar-refractivity contribution in [1.82, 2.24) is 9.97 Å². The number of fused-ring (bicyclic) bond motifs is 3. The molecule has 0 saturated carbocycles. The molecule has 4 heteroatoms. The normalized spacial score (nSPS) is 12.5. The van der Waals surface area contributed by atoms with Gasteiger partial charge in [0.05, 0.1) is 5.58 Å². The Morgan fingerprint density at radius 2 is 1.27 bits per heavy atom. The van der Waals surface area contributed by atoms with Crippen LogP contribution >= 0.6 is 0 Å². The van der Waals surface area contributed by atoms with Gasteiger partial charge in [0.2, 0.25) is 0 Å². The molecule has 0 aliphatic carbocycles. The fraction of sp³-hybridized carbons (Fsp3) is 0.0980. The standard InChI is InChI=1S/C34H28NO.C17H12N.Ir/c1-23(24-11-6-4-7-12-24)25-19-20-35-31(21-25)30-16-10-15-29-28-18-17-27(22-32(28)36-33(29)30)34(2,3)26-13-8-5-9-14-26;1-2-7-14(8-3-1)15-9-6-10-16(13-15)17-11-4-5-12-18-17;/h4-15,17-23H,1-3H3;1-9,11-13H;/q2*-1;/i23D;;. The van der Waals surface area contributed by atoms with E-state index in [1.165, 1.54) is 22.3 Å². The van der Waals surface area contributed by atoms with Crippen LogP contribution in [0, 0.1) is 12.1 Å². The summed E-state index contributed by atoms with van der Waals surface area (Å²) in [7, 11) is 0. The summed E-state index contributed by atoms with van der Waals surface area (Å²) in [5.41, 5.74) is 11.7. The summed E-state index contributed by atoms with van der Waals surface area (Å²) in [6, 6.07) is 63.9. The zero-order chi connectivity index (χ0) is 37.8. The van der Waals surface area contributed by atoms with E-state index in [-0.39, 0.29) is 25.5 Å². The van der Waals surface area contributed by atoms with E-state index in [1.807, 2.05) is 104 Å². The summed E-state index contributed by atoms with van der Waals surface area (Å²) in [6.07, 6.45) is 3.58. The van der Waals surface area contributed by atoms with Gasteiger partial charge in [0.15, 0.2) is 0 Å². The van der Waals surface area contributed by atoms with Crippen molar-refractivity contribution in [3.8, 4) is 33.6 Å². The molecule has 0 spiro atoms. The summed E-state index contributed by atoms with van der Waals surface area (Å²) < 4.78 is 15.6. The van der Waals surface area contributed by atoms with Crippen molar-refractivity contribution in [1.29, 1.82) is 0 Å². The summed E-state index contributed by atoms with van der Waals surface area (Å²) in [5.74, 6) is -0.904. The minimum atomic E-state index is -0.904. The van der Waals surface area contributed by atoms with E-state index in [0.29, 0.717) is 0 Å². The van der Waals surface area contributed by atoms with E-state index in [9.17, 15) is 0 Å². The molecule has 3 aromatic heterocycles. The molecule has 9 aromatic rings. The van der Waals surface area contributed by atoms with Gasteiger partial charge >= 0.3 is 0 Å². The zero-order valence-corrected chi connectivity index (χ0v) is 33.4. The predicted octanol–water partition coefficient (Wildman–Crippen LogP) is 13.1. The quantitative estimate of drug-likeness (QED) is 0.150. The van der Waals surface area contributed by atoms with Crippen LogP contribution in [0.2, 0.25) is 0 Å². The summed E-state index contributed by atoms with van der Waals surface area (Å²) in [6.45, 7) is 6.40. The number of aromatic nitrogens is 2. The third-order valence-electron chi connectivity index (χ3n) is 10.2. The molecule has 1 radical (unpaired) electrons. The topological polar surface area (TPSA) is 38.9 Å². The van der Waals surface area contributed by atoms with Crippen LogP contribution in [-0.4, -0.2) is 9.97 Å². The number of rotatable bonds is 7. The SMILES string of the molecule is [2H]C(C)(c1ccccc1)c1ccnc(-c2[c-]ccc3c2oc2cc(C(C)(C)c4ccccc4)ccc23)c1.[Ir].[c-]1ccc(-c2ccccc2)cc1-c1ccccn1. The first-order valence-electron chi connectivity index (χ1n) is 18.7. The van der Waals surface area contributed by atoms with Gasteiger partial charge in [0.25, 0.3) is 0 Å². The third-order valence-corrected chi connectivity index (χ3v) is 10.2. The van der Waals surface area contributed by atoms with Gasteiger partial charge in [-0.3, -0.25) is 0 Å². The largest absolute Gasteiger partial charge is 0.501 e. The number of furan rings is 1. The monoisotopic (exact) mass is 890 g/mol. The number of hydrogen-bond donors (Lipinski definition) is 0. The van der Waals surface area contributed by atoms with E-state index in [4.69, 9.17) is 5.79 Å². The van der Waals surface area contributed by atoms with Crippen LogP contribution < -0.4 is 0 Å². The molecule has 3 nitrogen and oxygen atoms in total. The molecule has 0 aliphatic rings. The van der Waals surface area contributed by atoms with E-state index >= 15 is 0 Å². The maximum atomic E-state index is 9.11. The Morgan fingerprint density at radius 3 is 2.02 bits per heavy atom. The average molecular weight is 890 g/mol. The van der Waals surface area contributed by atoms with Crippen LogP contribution in [0.15, 0.2) is 187 Å². The van der Waals surface area contributed by atoms with E-state index < -0.39 is 5.89 Å². The maximum absolute atomic E-state index is 9.11. The zero-order valence-electron chi connectivity index (χ0n) is 32.0. The molecule has 0 amide bonds. The summed E-state index contributed by atoms with van der Waals surface area (Å²) in [4.78, 5) is 9.01. The number of pyridine rings is 2. The molecule has 1 atom stereocenters. The van der Waals surface area contributed by atoms with Crippen LogP contribution in [-0.2, 0) is 25.5 Å². The van der Waals surface area contributed by atoms with E-state index in [0.717, 1.165) is 55.6 Å². The second-order valence-electron chi connectivity index (χ2n) is 13.9. The van der Waals surface area contributed by atoms with Gasteiger partial charge in [-0.15, -0.1) is 53.6 Å². The molecule has 55 heavy (non-hydrogen) atoms. The smallest absolute Gasteiger partial charge is 0.121 e. The second kappa shape index (κ2) is 16.6. The molecule has 0 saturated heterocycles. The van der Waals surface area contributed by atoms with Crippen LogP contribution in [0.5, 0.6) is 0 Å². The number of nitrogens with zero attached hydrogens (tertiary/aromatic N) is 2. The van der Waals surface area contributed by atoms with Crippen molar-refractivity contribution < 1.29 is 25.9 Å². The van der Waals surface area contributed by atoms with Gasteiger partial charge in [0.1, 0.15) is 5.58 Å². The molecule has 0 bridgehead atoms. The first-order valence-corrected chi connectivity index (χ1v) is 18.2. The molecule has 0 fully saturated rings. The molecule has 1 unspecified atom stereocenters. The first kappa shape index (κ1) is 36.1. The molecule has 0 N–H and O–H groups in total. The Kier molecular flexibility index (Phi) is 10.9. The van der Waals surface area contributed by atoms with Gasteiger partial charge in [0, 0.05) is 50.6 Å². The van der Waals surface area contributed by atoms with Crippen molar-refractivity contribution in [3.05, 3.63) is 217 Å². The predicted molar refractivity (Wildman–Crippen MR) is 222 cm³/mol. The molecular formula is C51H40IrN2O-2. The number of hydrogen-bond acceptors (Lipinski definition) is 3. The molecular weight excluding hydrogens is 849 g/mol. The Hall–Kier alpha value is -5.93. The minimum Gasteiger partial charge on any atom is -0.501 e. The Balaban J connectivity index is 0.000000212. The minimum absolute atomic E-state index is 0. The van der Waals surface area contributed by atoms with Crippen molar-refractivity contribution in [2.45, 2.75) is 32.1 Å². The fourth-order valence-electron chi connectivity index (χ4n) is 6.94. The maximum Gasteiger partial charge on any atom is 0.121 e. The second-order valence-corrected chi connectivity index (χ2v) is 13.9. The Bertz CT molecular complexity index is 2640. The molecule has 271 valence electrons. The first-order chi connectivity index (χ1) is 26.8. The summed E-state index contributed by atoms with van der Waals surface area (Å²) in [5, 5.41) is 2.11. The van der Waals surface area contributed by atoms with E-state index in [1.54, 1.807) is 12.4 Å². The van der Waals surface area contributed by atoms with Crippen molar-refractivity contribution in [2.75, 3.05) is 0 Å². The van der Waals surface area contributed by atoms with Crippen molar-refractivity contribution in [3.63, 3.8) is 0 Å². The van der Waals surface area contributed by atoms with Gasteiger partial charge in [-0.25, -0.2) is 0 Å². The Morgan fingerprint density at radius 1 is 0.582 bits per heavy atom. The van der Waals surface area contributed by atoms with Gasteiger partial charge < -0.3 is 14.4 Å². The molecule has 6 aromatic carbocycles. The van der Waals surface area contributed by atoms with Gasteiger partial charge in [-0.2, -0.15) is 0 Å². The number of benzene rings is 6. The van der Waals surface area contributed by atoms with Crippen LogP contribution in [0.4, 0.5) is 0 Å². The van der Waals surface area contributed by atoms with Crippen molar-refractivity contribution >= 4 is 21.9 Å². The van der Waals surface area contributed by atoms with Crippen LogP contribution in [0.3, 0.4) is 0 Å². The molecule has 0 aliphatic heterocycles. The molecule has 3 heterocycles. The summed E-state index contributed by atoms with van der Waals surface area (Å²) >= 11 is 0. The van der Waals surface area contributed by atoms with Gasteiger partial charge in [-0.05, 0) is 57.4 Å². The fourth-order valence-corrected chi connectivity index (χ4v) is 6.94. The Labute approximate surface area is 338 Å². The van der Waals surface area contributed by atoms with Gasteiger partial charge in [-0.1, -0.05) is 153 Å². The molecule has 9 rings (SSSR count). The van der Waals surface area contributed by atoms with Crippen LogP contribution in [0.25, 0.3) is 55.6 Å².